The van der Waals surface area contributed by atoms with E-state index in [0.29, 0.717) is 0 Å². The van der Waals surface area contributed by atoms with E-state index >= 15 is 0 Å². The molecular formula is C15H17ClN2. The van der Waals surface area contributed by atoms with Gasteiger partial charge in [0.25, 0.3) is 0 Å². The number of rotatable bonds is 3. The van der Waals surface area contributed by atoms with Crippen molar-refractivity contribution in [1.29, 1.82) is 0 Å². The van der Waals surface area contributed by atoms with Crippen LogP contribution in [0.3, 0.4) is 0 Å². The van der Waals surface area contributed by atoms with Crippen LogP contribution in [-0.4, -0.2) is 12.0 Å². The first-order valence-electron chi connectivity index (χ1n) is 5.97. The molecule has 0 unspecified atom stereocenters. The highest BCUT2D eigenvalue weighted by molar-refractivity contribution is 6.31. The van der Waals surface area contributed by atoms with Gasteiger partial charge < -0.3 is 5.32 Å². The summed E-state index contributed by atoms with van der Waals surface area (Å²) in [4.78, 5) is 4.30. The number of nitrogens with one attached hydrogen (secondary N) is 1. The van der Waals surface area contributed by atoms with Crippen LogP contribution in [0.25, 0.3) is 11.1 Å². The fourth-order valence-electron chi connectivity index (χ4n) is 2.03. The molecular weight excluding hydrogens is 244 g/mol. The first-order chi connectivity index (χ1) is 8.61. The molecule has 0 saturated heterocycles. The first-order valence-corrected chi connectivity index (χ1v) is 6.35. The molecule has 0 fully saturated rings. The number of hydrogen-bond donors (Lipinski definition) is 1. The summed E-state index contributed by atoms with van der Waals surface area (Å²) < 4.78 is 0. The minimum Gasteiger partial charge on any atom is -0.316 e. The number of pyridine rings is 1. The Balaban J connectivity index is 2.48. The van der Waals surface area contributed by atoms with Crippen LogP contribution < -0.4 is 5.32 Å². The Morgan fingerprint density at radius 1 is 1.11 bits per heavy atom. The van der Waals surface area contributed by atoms with Gasteiger partial charge in [-0.05, 0) is 61.3 Å². The Bertz CT molecular complexity index is 564. The normalized spacial score (nSPS) is 10.7. The smallest absolute Gasteiger partial charge is 0.0438 e. The largest absolute Gasteiger partial charge is 0.316 e. The molecule has 2 aromatic rings. The number of hydrogen-bond acceptors (Lipinski definition) is 2. The maximum Gasteiger partial charge on any atom is 0.0438 e. The van der Waals surface area contributed by atoms with Gasteiger partial charge in [-0.1, -0.05) is 11.6 Å². The maximum atomic E-state index is 6.13. The first kappa shape index (κ1) is 13.1. The van der Waals surface area contributed by atoms with Crippen molar-refractivity contribution in [3.8, 4) is 11.1 Å². The van der Waals surface area contributed by atoms with Gasteiger partial charge in [-0.2, -0.15) is 0 Å². The standard InChI is InChI=1S/C15H17ClN2/c1-10-5-15(16)11(2)4-14(10)13-6-12(7-17-3)8-18-9-13/h4-6,8-9,17H,7H2,1-3H3. The topological polar surface area (TPSA) is 24.9 Å². The van der Waals surface area contributed by atoms with Gasteiger partial charge in [-0.3, -0.25) is 4.98 Å². The molecule has 1 aromatic heterocycles. The van der Waals surface area contributed by atoms with Crippen molar-refractivity contribution in [2.45, 2.75) is 20.4 Å². The van der Waals surface area contributed by atoms with Crippen molar-refractivity contribution in [3.05, 3.63) is 52.3 Å². The lowest BCUT2D eigenvalue weighted by atomic mass is 9.99. The van der Waals surface area contributed by atoms with Crippen molar-refractivity contribution in [1.82, 2.24) is 10.3 Å². The lowest BCUT2D eigenvalue weighted by Gasteiger charge is -2.10. The Morgan fingerprint density at radius 2 is 1.89 bits per heavy atom. The molecule has 18 heavy (non-hydrogen) atoms. The van der Waals surface area contributed by atoms with Crippen LogP contribution >= 0.6 is 11.6 Å². The highest BCUT2D eigenvalue weighted by Gasteiger charge is 2.06. The lowest BCUT2D eigenvalue weighted by Crippen LogP contribution is -2.05. The lowest BCUT2D eigenvalue weighted by molar-refractivity contribution is 0.813. The average Bonchev–Trinajstić information content (AvgIpc) is 2.34. The zero-order valence-electron chi connectivity index (χ0n) is 10.9. The van der Waals surface area contributed by atoms with Crippen LogP contribution in [0, 0.1) is 13.8 Å². The van der Waals surface area contributed by atoms with Crippen LogP contribution in [0.2, 0.25) is 5.02 Å². The molecule has 2 nitrogen and oxygen atoms in total. The predicted molar refractivity (Wildman–Crippen MR) is 76.9 cm³/mol. The van der Waals surface area contributed by atoms with Gasteiger partial charge in [0.05, 0.1) is 0 Å². The van der Waals surface area contributed by atoms with E-state index < -0.39 is 0 Å². The molecule has 3 heteroatoms. The second-order valence-corrected chi connectivity index (χ2v) is 4.94. The van der Waals surface area contributed by atoms with Crippen LogP contribution in [0.1, 0.15) is 16.7 Å². The second-order valence-electron chi connectivity index (χ2n) is 4.53. The fraction of sp³-hybridized carbons (Fsp3) is 0.267. The van der Waals surface area contributed by atoms with E-state index in [2.05, 4.69) is 29.4 Å². The number of aryl methyl sites for hydroxylation is 2. The highest BCUT2D eigenvalue weighted by Crippen LogP contribution is 2.28. The molecule has 0 bridgehead atoms. The summed E-state index contributed by atoms with van der Waals surface area (Å²) in [6.07, 6.45) is 3.78. The minimum atomic E-state index is 0.815. The number of benzene rings is 1. The Morgan fingerprint density at radius 3 is 2.61 bits per heavy atom. The van der Waals surface area contributed by atoms with Crippen LogP contribution in [0.4, 0.5) is 0 Å². The van der Waals surface area contributed by atoms with Gasteiger partial charge in [0.15, 0.2) is 0 Å². The van der Waals surface area contributed by atoms with Gasteiger partial charge >= 0.3 is 0 Å². The van der Waals surface area contributed by atoms with E-state index in [9.17, 15) is 0 Å². The molecule has 2 rings (SSSR count). The van der Waals surface area contributed by atoms with Crippen LogP contribution in [0.15, 0.2) is 30.6 Å². The molecule has 0 radical (unpaired) electrons. The van der Waals surface area contributed by atoms with E-state index in [0.717, 1.165) is 22.7 Å². The second kappa shape index (κ2) is 5.51. The van der Waals surface area contributed by atoms with Crippen molar-refractivity contribution < 1.29 is 0 Å². The SMILES string of the molecule is CNCc1cncc(-c2cc(C)c(Cl)cc2C)c1. The molecule has 1 heterocycles. The Kier molecular flexibility index (Phi) is 4.00. The third-order valence-electron chi connectivity index (χ3n) is 2.99. The zero-order chi connectivity index (χ0) is 13.1. The zero-order valence-corrected chi connectivity index (χ0v) is 11.7. The molecule has 94 valence electrons. The van der Waals surface area contributed by atoms with Gasteiger partial charge in [0.2, 0.25) is 0 Å². The van der Waals surface area contributed by atoms with Crippen molar-refractivity contribution in [2.75, 3.05) is 7.05 Å². The third-order valence-corrected chi connectivity index (χ3v) is 3.40. The van der Waals surface area contributed by atoms with Crippen LogP contribution in [-0.2, 0) is 6.54 Å². The fourth-order valence-corrected chi connectivity index (χ4v) is 2.25. The van der Waals surface area contributed by atoms with Gasteiger partial charge in [0, 0.05) is 29.5 Å². The molecule has 0 amide bonds. The molecule has 0 saturated carbocycles. The molecule has 0 aliphatic carbocycles. The highest BCUT2D eigenvalue weighted by atomic mass is 35.5. The quantitative estimate of drug-likeness (QED) is 0.909. The number of nitrogens with zero attached hydrogens (tertiary/aromatic N) is 1. The van der Waals surface area contributed by atoms with E-state index in [1.54, 1.807) is 0 Å². The van der Waals surface area contributed by atoms with Gasteiger partial charge in [0.1, 0.15) is 0 Å². The van der Waals surface area contributed by atoms with Crippen molar-refractivity contribution in [3.63, 3.8) is 0 Å². The van der Waals surface area contributed by atoms with Crippen molar-refractivity contribution >= 4 is 11.6 Å². The van der Waals surface area contributed by atoms with E-state index in [4.69, 9.17) is 11.6 Å². The van der Waals surface area contributed by atoms with Crippen LogP contribution in [0.5, 0.6) is 0 Å². The summed E-state index contributed by atoms with van der Waals surface area (Å²) in [7, 11) is 1.93. The van der Waals surface area contributed by atoms with E-state index in [-0.39, 0.29) is 0 Å². The summed E-state index contributed by atoms with van der Waals surface area (Å²) >= 11 is 6.13. The summed E-state index contributed by atoms with van der Waals surface area (Å²) in [5.74, 6) is 0. The monoisotopic (exact) mass is 260 g/mol. The van der Waals surface area contributed by atoms with Crippen molar-refractivity contribution in [2.24, 2.45) is 0 Å². The summed E-state index contributed by atoms with van der Waals surface area (Å²) in [5.41, 5.74) is 5.79. The van der Waals surface area contributed by atoms with E-state index in [1.807, 2.05) is 32.4 Å². The number of aromatic nitrogens is 1. The molecule has 1 N–H and O–H groups in total. The maximum absolute atomic E-state index is 6.13. The summed E-state index contributed by atoms with van der Waals surface area (Å²) in [6, 6.07) is 6.30. The molecule has 0 aliphatic rings. The summed E-state index contributed by atoms with van der Waals surface area (Å²) in [5, 5.41) is 3.95. The molecule has 1 aromatic carbocycles. The van der Waals surface area contributed by atoms with E-state index in [1.165, 1.54) is 16.7 Å². The Hall–Kier alpha value is -1.38. The third kappa shape index (κ3) is 2.71. The minimum absolute atomic E-state index is 0.815. The summed E-state index contributed by atoms with van der Waals surface area (Å²) in [6.45, 7) is 4.92. The molecule has 0 spiro atoms. The molecule has 0 aliphatic heterocycles. The van der Waals surface area contributed by atoms with Gasteiger partial charge in [-0.15, -0.1) is 0 Å². The Labute approximate surface area is 113 Å². The average molecular weight is 261 g/mol. The van der Waals surface area contributed by atoms with Gasteiger partial charge in [-0.25, -0.2) is 0 Å². The number of halogens is 1. The molecule has 0 atom stereocenters. The predicted octanol–water partition coefficient (Wildman–Crippen LogP) is 3.74.